The predicted molar refractivity (Wildman–Crippen MR) is 105 cm³/mol. The maximum atomic E-state index is 14.6. The van der Waals surface area contributed by atoms with E-state index in [0.29, 0.717) is 16.7 Å². The maximum absolute atomic E-state index is 14.6. The maximum Gasteiger partial charge on any atom is 0.429 e. The normalized spacial score (nSPS) is 10.8. The van der Waals surface area contributed by atoms with Gasteiger partial charge in [-0.15, -0.1) is 0 Å². The fourth-order valence-corrected chi connectivity index (χ4v) is 3.15. The van der Waals surface area contributed by atoms with Crippen LogP contribution >= 0.6 is 11.6 Å². The molecule has 0 amide bonds. The van der Waals surface area contributed by atoms with Crippen LogP contribution in [0.5, 0.6) is 5.75 Å². The average Bonchev–Trinajstić information content (AvgIpc) is 2.67. The number of halogens is 3. The van der Waals surface area contributed by atoms with Crippen molar-refractivity contribution in [1.82, 2.24) is 4.98 Å². The van der Waals surface area contributed by atoms with E-state index in [-0.39, 0.29) is 10.5 Å². The number of fused-ring (bicyclic) bond motifs is 1. The van der Waals surface area contributed by atoms with Crippen LogP contribution < -0.4 is 15.6 Å². The van der Waals surface area contributed by atoms with Crippen LogP contribution in [-0.2, 0) is 0 Å². The van der Waals surface area contributed by atoms with Crippen LogP contribution in [0.25, 0.3) is 10.9 Å². The molecule has 0 aliphatic heterocycles. The molecule has 132 valence electrons. The standard InChI is InChI=1S/C21H13BClF2NO/c23-16-9-10-18(19(25)13-16)22(15-6-2-7-17(24)12-15)27-20-8-1-4-14-5-3-11-26-21(14)20/h1-13H. The number of aromatic nitrogens is 1. The Morgan fingerprint density at radius 3 is 2.52 bits per heavy atom. The molecule has 0 aliphatic rings. The third-order valence-electron chi connectivity index (χ3n) is 4.24. The van der Waals surface area contributed by atoms with Gasteiger partial charge < -0.3 is 4.65 Å². The smallest absolute Gasteiger partial charge is 0.429 e. The summed E-state index contributed by atoms with van der Waals surface area (Å²) in [5, 5.41) is 1.17. The minimum absolute atomic E-state index is 0.262. The summed E-state index contributed by atoms with van der Waals surface area (Å²) in [7, 11) is 0. The topological polar surface area (TPSA) is 22.1 Å². The fourth-order valence-electron chi connectivity index (χ4n) is 2.99. The molecule has 0 fully saturated rings. The van der Waals surface area contributed by atoms with Crippen LogP contribution in [0.4, 0.5) is 8.78 Å². The number of hydrogen-bond donors (Lipinski definition) is 0. The second-order valence-corrected chi connectivity index (χ2v) is 6.49. The zero-order valence-electron chi connectivity index (χ0n) is 14.1. The molecule has 3 aromatic carbocycles. The van der Waals surface area contributed by atoms with Gasteiger partial charge in [-0.25, -0.2) is 8.78 Å². The van der Waals surface area contributed by atoms with Crippen molar-refractivity contribution in [2.45, 2.75) is 0 Å². The summed E-state index contributed by atoms with van der Waals surface area (Å²) in [6.45, 7) is -0.856. The summed E-state index contributed by atoms with van der Waals surface area (Å²) in [5.74, 6) is -0.465. The Balaban J connectivity index is 1.85. The molecule has 0 atom stereocenters. The number of nitrogens with zero attached hydrogens (tertiary/aromatic N) is 1. The number of hydrogen-bond acceptors (Lipinski definition) is 2. The molecule has 0 bridgehead atoms. The van der Waals surface area contributed by atoms with Gasteiger partial charge in [-0.05, 0) is 41.9 Å². The van der Waals surface area contributed by atoms with Crippen molar-refractivity contribution in [3.63, 3.8) is 0 Å². The predicted octanol–water partition coefficient (Wildman–Crippen LogP) is 4.35. The van der Waals surface area contributed by atoms with Gasteiger partial charge in [-0.2, -0.15) is 0 Å². The van der Waals surface area contributed by atoms with Crippen LogP contribution in [0.3, 0.4) is 0 Å². The molecule has 0 saturated heterocycles. The lowest BCUT2D eigenvalue weighted by Crippen LogP contribution is -2.49. The van der Waals surface area contributed by atoms with Crippen molar-refractivity contribution in [2.75, 3.05) is 0 Å². The van der Waals surface area contributed by atoms with Gasteiger partial charge in [-0.3, -0.25) is 4.98 Å². The van der Waals surface area contributed by atoms with Crippen molar-refractivity contribution in [3.05, 3.63) is 95.7 Å². The number of rotatable bonds is 4. The molecule has 1 aromatic heterocycles. The molecule has 0 aliphatic carbocycles. The first-order chi connectivity index (χ1) is 13.1. The zero-order chi connectivity index (χ0) is 18.8. The van der Waals surface area contributed by atoms with Gasteiger partial charge in [-0.1, -0.05) is 48.0 Å². The van der Waals surface area contributed by atoms with E-state index >= 15 is 0 Å². The fraction of sp³-hybridized carbons (Fsp3) is 0. The van der Waals surface area contributed by atoms with Gasteiger partial charge >= 0.3 is 6.92 Å². The number of para-hydroxylation sites is 1. The Kier molecular flexibility index (Phi) is 4.78. The van der Waals surface area contributed by atoms with E-state index in [1.165, 1.54) is 18.2 Å². The van der Waals surface area contributed by atoms with Crippen LogP contribution in [0, 0.1) is 11.6 Å². The molecule has 4 rings (SSSR count). The Bertz CT molecular complexity index is 1120. The van der Waals surface area contributed by atoms with Gasteiger partial charge in [0.05, 0.1) is 0 Å². The molecule has 1 heterocycles. The molecule has 27 heavy (non-hydrogen) atoms. The Morgan fingerprint density at radius 2 is 1.70 bits per heavy atom. The van der Waals surface area contributed by atoms with E-state index in [4.69, 9.17) is 16.3 Å². The molecule has 4 aromatic rings. The van der Waals surface area contributed by atoms with Crippen molar-refractivity contribution in [1.29, 1.82) is 0 Å². The van der Waals surface area contributed by atoms with Crippen LogP contribution in [0.2, 0.25) is 5.02 Å². The molecule has 6 heteroatoms. The lowest BCUT2D eigenvalue weighted by Gasteiger charge is -2.18. The first-order valence-corrected chi connectivity index (χ1v) is 8.70. The van der Waals surface area contributed by atoms with E-state index in [9.17, 15) is 8.78 Å². The monoisotopic (exact) mass is 379 g/mol. The highest BCUT2D eigenvalue weighted by atomic mass is 35.5. The lowest BCUT2D eigenvalue weighted by atomic mass is 9.55. The third-order valence-corrected chi connectivity index (χ3v) is 4.47. The van der Waals surface area contributed by atoms with Crippen LogP contribution in [-0.4, -0.2) is 11.9 Å². The number of benzene rings is 3. The highest BCUT2D eigenvalue weighted by Gasteiger charge is 2.28. The summed E-state index contributed by atoms with van der Waals surface area (Å²) < 4.78 is 34.6. The van der Waals surface area contributed by atoms with Crippen LogP contribution in [0.15, 0.2) is 79.0 Å². The minimum atomic E-state index is -0.856. The summed E-state index contributed by atoms with van der Waals surface area (Å²) in [4.78, 5) is 4.36. The van der Waals surface area contributed by atoms with Gasteiger partial charge in [0.25, 0.3) is 0 Å². The zero-order valence-corrected chi connectivity index (χ0v) is 14.8. The van der Waals surface area contributed by atoms with Crippen LogP contribution in [0.1, 0.15) is 0 Å². The van der Waals surface area contributed by atoms with E-state index in [1.54, 1.807) is 36.5 Å². The van der Waals surface area contributed by atoms with Crippen molar-refractivity contribution >= 4 is 40.3 Å². The van der Waals surface area contributed by atoms with E-state index in [1.807, 2.05) is 24.3 Å². The van der Waals surface area contributed by atoms with Gasteiger partial charge in [0.2, 0.25) is 0 Å². The highest BCUT2D eigenvalue weighted by molar-refractivity contribution is 6.80. The second-order valence-electron chi connectivity index (χ2n) is 6.05. The summed E-state index contributed by atoms with van der Waals surface area (Å²) in [5.41, 5.74) is 1.40. The first kappa shape index (κ1) is 17.5. The molecule has 0 unspecified atom stereocenters. The van der Waals surface area contributed by atoms with E-state index in [0.717, 1.165) is 5.39 Å². The quantitative estimate of drug-likeness (QED) is 0.492. The highest BCUT2D eigenvalue weighted by Crippen LogP contribution is 2.24. The molecule has 0 saturated carbocycles. The number of pyridine rings is 1. The van der Waals surface area contributed by atoms with Crippen molar-refractivity contribution in [3.8, 4) is 5.75 Å². The molecule has 2 nitrogen and oxygen atoms in total. The Morgan fingerprint density at radius 1 is 0.889 bits per heavy atom. The molecule has 0 N–H and O–H groups in total. The molecule has 0 spiro atoms. The molecular formula is C21H13BClF2NO. The van der Waals surface area contributed by atoms with Crippen molar-refractivity contribution < 1.29 is 13.4 Å². The summed E-state index contributed by atoms with van der Waals surface area (Å²) >= 11 is 5.88. The third kappa shape index (κ3) is 3.64. The SMILES string of the molecule is Fc1cccc(B(Oc2cccc3cccnc23)c2ccc(Cl)cc2F)c1. The largest absolute Gasteiger partial charge is 0.550 e. The van der Waals surface area contributed by atoms with Crippen molar-refractivity contribution in [2.24, 2.45) is 0 Å². The van der Waals surface area contributed by atoms with Gasteiger partial charge in [0.15, 0.2) is 0 Å². The van der Waals surface area contributed by atoms with Gasteiger partial charge in [0.1, 0.15) is 22.9 Å². The van der Waals surface area contributed by atoms with Gasteiger partial charge in [0, 0.05) is 22.1 Å². The second kappa shape index (κ2) is 7.37. The minimum Gasteiger partial charge on any atom is -0.550 e. The average molecular weight is 380 g/mol. The van der Waals surface area contributed by atoms with E-state index in [2.05, 4.69) is 4.98 Å². The lowest BCUT2D eigenvalue weighted by molar-refractivity contribution is 0.587. The summed E-state index contributed by atoms with van der Waals surface area (Å²) in [6.07, 6.45) is 1.66. The Labute approximate surface area is 160 Å². The summed E-state index contributed by atoms with van der Waals surface area (Å²) in [6, 6.07) is 19.5. The first-order valence-electron chi connectivity index (χ1n) is 8.32. The van der Waals surface area contributed by atoms with E-state index < -0.39 is 18.6 Å². The molecular weight excluding hydrogens is 366 g/mol. The Hall–Kier alpha value is -2.92. The molecule has 0 radical (unpaired) electrons.